The van der Waals surface area contributed by atoms with E-state index in [1.54, 1.807) is 4.68 Å². The van der Waals surface area contributed by atoms with Crippen LogP contribution >= 0.6 is 0 Å². The zero-order valence-electron chi connectivity index (χ0n) is 14.3. The Morgan fingerprint density at radius 3 is 2.96 bits per heavy atom. The highest BCUT2D eigenvalue weighted by atomic mass is 16.3. The van der Waals surface area contributed by atoms with Crippen LogP contribution in [0.3, 0.4) is 0 Å². The van der Waals surface area contributed by atoms with Crippen LogP contribution in [0.5, 0.6) is 0 Å². The third-order valence-electron chi connectivity index (χ3n) is 5.51. The average molecular weight is 330 g/mol. The van der Waals surface area contributed by atoms with Gasteiger partial charge in [-0.3, -0.25) is 4.68 Å². The molecule has 0 spiro atoms. The van der Waals surface area contributed by atoms with E-state index in [1.807, 2.05) is 24.1 Å². The Morgan fingerprint density at radius 1 is 1.29 bits per heavy atom. The molecule has 0 amide bonds. The van der Waals surface area contributed by atoms with E-state index < -0.39 is 5.60 Å². The lowest BCUT2D eigenvalue weighted by Crippen LogP contribution is -2.35. The van der Waals surface area contributed by atoms with Gasteiger partial charge in [-0.25, -0.2) is 4.68 Å². The van der Waals surface area contributed by atoms with Crippen LogP contribution in [-0.4, -0.2) is 48.6 Å². The standard InChI is InChI=1S/C17H26N6O/c1-22-16(13-4-2-5-13)14(10-19-22)15-11-23(21-20-15)12-17(24)6-3-8-18-9-7-17/h10-11,13,18,24H,2-9,12H2,1H3. The fourth-order valence-electron chi connectivity index (χ4n) is 3.88. The zero-order valence-corrected chi connectivity index (χ0v) is 14.3. The summed E-state index contributed by atoms with van der Waals surface area (Å²) in [6, 6.07) is 0. The summed E-state index contributed by atoms with van der Waals surface area (Å²) in [5.41, 5.74) is 2.52. The second-order valence-corrected chi connectivity index (χ2v) is 7.32. The first-order chi connectivity index (χ1) is 11.6. The lowest BCUT2D eigenvalue weighted by Gasteiger charge is -2.26. The van der Waals surface area contributed by atoms with E-state index >= 15 is 0 Å². The van der Waals surface area contributed by atoms with Crippen molar-refractivity contribution in [3.8, 4) is 11.3 Å². The first-order valence-corrected chi connectivity index (χ1v) is 9.00. The van der Waals surface area contributed by atoms with Gasteiger partial charge in [0.25, 0.3) is 0 Å². The van der Waals surface area contributed by atoms with Gasteiger partial charge in [-0.15, -0.1) is 5.10 Å². The monoisotopic (exact) mass is 330 g/mol. The van der Waals surface area contributed by atoms with E-state index in [-0.39, 0.29) is 0 Å². The van der Waals surface area contributed by atoms with Crippen molar-refractivity contribution in [2.75, 3.05) is 13.1 Å². The van der Waals surface area contributed by atoms with E-state index in [0.29, 0.717) is 12.5 Å². The van der Waals surface area contributed by atoms with E-state index in [4.69, 9.17) is 0 Å². The molecule has 2 aromatic heterocycles. The van der Waals surface area contributed by atoms with E-state index in [9.17, 15) is 5.11 Å². The third-order valence-corrected chi connectivity index (χ3v) is 5.51. The SMILES string of the molecule is Cn1ncc(-c2cn(CC3(O)CCCNCC3)nn2)c1C1CCC1. The van der Waals surface area contributed by atoms with Crippen molar-refractivity contribution in [2.24, 2.45) is 7.05 Å². The number of aliphatic hydroxyl groups is 1. The maximum Gasteiger partial charge on any atom is 0.116 e. The highest BCUT2D eigenvalue weighted by Crippen LogP contribution is 2.40. The molecule has 2 fully saturated rings. The largest absolute Gasteiger partial charge is 0.388 e. The molecule has 2 aliphatic rings. The molecule has 2 N–H and O–H groups in total. The number of hydrogen-bond donors (Lipinski definition) is 2. The second-order valence-electron chi connectivity index (χ2n) is 7.32. The van der Waals surface area contributed by atoms with Crippen molar-refractivity contribution in [2.45, 2.75) is 56.6 Å². The van der Waals surface area contributed by atoms with Gasteiger partial charge in [0.15, 0.2) is 0 Å². The van der Waals surface area contributed by atoms with Crippen LogP contribution < -0.4 is 5.32 Å². The van der Waals surface area contributed by atoms with Crippen molar-refractivity contribution in [1.82, 2.24) is 30.1 Å². The summed E-state index contributed by atoms with van der Waals surface area (Å²) in [7, 11) is 2.00. The van der Waals surface area contributed by atoms with Crippen molar-refractivity contribution < 1.29 is 5.11 Å². The fraction of sp³-hybridized carbons (Fsp3) is 0.706. The molecule has 2 aromatic rings. The van der Waals surface area contributed by atoms with E-state index in [0.717, 1.165) is 43.6 Å². The van der Waals surface area contributed by atoms with Crippen molar-refractivity contribution >= 4 is 0 Å². The average Bonchev–Trinajstić information content (AvgIpc) is 3.02. The van der Waals surface area contributed by atoms with Crippen LogP contribution in [0.15, 0.2) is 12.4 Å². The maximum atomic E-state index is 10.8. The number of nitrogens with zero attached hydrogens (tertiary/aromatic N) is 5. The third kappa shape index (κ3) is 2.98. The second kappa shape index (κ2) is 6.29. The minimum Gasteiger partial charge on any atom is -0.388 e. The van der Waals surface area contributed by atoms with Gasteiger partial charge in [0.2, 0.25) is 0 Å². The lowest BCUT2D eigenvalue weighted by atomic mass is 9.81. The molecule has 0 aromatic carbocycles. The Kier molecular flexibility index (Phi) is 4.14. The minimum absolute atomic E-state index is 0.501. The Labute approximate surface area is 142 Å². The van der Waals surface area contributed by atoms with Gasteiger partial charge in [-0.05, 0) is 45.2 Å². The molecular formula is C17H26N6O. The van der Waals surface area contributed by atoms with Crippen LogP contribution in [0.1, 0.15) is 50.1 Å². The van der Waals surface area contributed by atoms with E-state index in [1.165, 1.54) is 25.0 Å². The Bertz CT molecular complexity index is 694. The highest BCUT2D eigenvalue weighted by molar-refractivity contribution is 5.61. The van der Waals surface area contributed by atoms with Gasteiger partial charge in [0.1, 0.15) is 5.69 Å². The molecule has 1 aliphatic carbocycles. The first kappa shape index (κ1) is 15.8. The quantitative estimate of drug-likeness (QED) is 0.887. The predicted octanol–water partition coefficient (Wildman–Crippen LogP) is 1.45. The number of aromatic nitrogens is 5. The summed E-state index contributed by atoms with van der Waals surface area (Å²) in [6.07, 6.45) is 10.1. The van der Waals surface area contributed by atoms with Gasteiger partial charge >= 0.3 is 0 Å². The van der Waals surface area contributed by atoms with Crippen LogP contribution in [0.25, 0.3) is 11.3 Å². The van der Waals surface area contributed by atoms with Crippen LogP contribution in [0.4, 0.5) is 0 Å². The molecular weight excluding hydrogens is 304 g/mol. The zero-order chi connectivity index (χ0) is 16.6. The Hall–Kier alpha value is -1.73. The first-order valence-electron chi connectivity index (χ1n) is 9.00. The molecule has 7 heteroatoms. The lowest BCUT2D eigenvalue weighted by molar-refractivity contribution is 0.00752. The molecule has 1 aliphatic heterocycles. The molecule has 1 saturated carbocycles. The molecule has 7 nitrogen and oxygen atoms in total. The number of hydrogen-bond acceptors (Lipinski definition) is 5. The van der Waals surface area contributed by atoms with Crippen molar-refractivity contribution in [1.29, 1.82) is 0 Å². The van der Waals surface area contributed by atoms with Crippen LogP contribution in [0, 0.1) is 0 Å². The molecule has 0 bridgehead atoms. The molecule has 24 heavy (non-hydrogen) atoms. The molecule has 1 saturated heterocycles. The predicted molar refractivity (Wildman–Crippen MR) is 90.5 cm³/mol. The maximum absolute atomic E-state index is 10.8. The number of aryl methyl sites for hydroxylation is 1. The Balaban J connectivity index is 1.55. The van der Waals surface area contributed by atoms with Gasteiger partial charge < -0.3 is 10.4 Å². The summed E-state index contributed by atoms with van der Waals surface area (Å²) in [4.78, 5) is 0. The summed E-state index contributed by atoms with van der Waals surface area (Å²) in [6.45, 7) is 2.33. The molecule has 4 rings (SSSR count). The van der Waals surface area contributed by atoms with Crippen LogP contribution in [0.2, 0.25) is 0 Å². The molecule has 3 heterocycles. The number of nitrogens with one attached hydrogen (secondary N) is 1. The van der Waals surface area contributed by atoms with Gasteiger partial charge in [0.05, 0.1) is 30.2 Å². The molecule has 130 valence electrons. The molecule has 1 unspecified atom stereocenters. The Morgan fingerprint density at radius 2 is 2.17 bits per heavy atom. The number of rotatable bonds is 4. The summed E-state index contributed by atoms with van der Waals surface area (Å²) in [5.74, 6) is 0.592. The van der Waals surface area contributed by atoms with Gasteiger partial charge in [-0.2, -0.15) is 5.10 Å². The summed E-state index contributed by atoms with van der Waals surface area (Å²) < 4.78 is 3.76. The van der Waals surface area contributed by atoms with Gasteiger partial charge in [0, 0.05) is 18.5 Å². The highest BCUT2D eigenvalue weighted by Gasteiger charge is 2.30. The van der Waals surface area contributed by atoms with Crippen LogP contribution in [-0.2, 0) is 13.6 Å². The molecule has 0 radical (unpaired) electrons. The summed E-state index contributed by atoms with van der Waals surface area (Å²) >= 11 is 0. The summed E-state index contributed by atoms with van der Waals surface area (Å²) in [5, 5.41) is 27.2. The topological polar surface area (TPSA) is 80.8 Å². The smallest absolute Gasteiger partial charge is 0.116 e. The minimum atomic E-state index is -0.694. The van der Waals surface area contributed by atoms with E-state index in [2.05, 4.69) is 20.7 Å². The van der Waals surface area contributed by atoms with Crippen molar-refractivity contribution in [3.05, 3.63) is 18.1 Å². The fourth-order valence-corrected chi connectivity index (χ4v) is 3.88. The van der Waals surface area contributed by atoms with Gasteiger partial charge in [-0.1, -0.05) is 11.6 Å². The van der Waals surface area contributed by atoms with Crippen molar-refractivity contribution in [3.63, 3.8) is 0 Å². The normalized spacial score (nSPS) is 25.4. The molecule has 1 atom stereocenters.